The molecule has 0 spiro atoms. The number of allylic oxidation sites excluding steroid dienone is 3. The van der Waals surface area contributed by atoms with Crippen LogP contribution in [0.4, 0.5) is 0 Å². The molecule has 1 atom stereocenters. The predicted molar refractivity (Wildman–Crippen MR) is 48.0 cm³/mol. The van der Waals surface area contributed by atoms with E-state index in [0.29, 0.717) is 0 Å². The van der Waals surface area contributed by atoms with Crippen LogP contribution < -0.4 is 0 Å². The van der Waals surface area contributed by atoms with Crippen molar-refractivity contribution in [2.24, 2.45) is 5.92 Å². The van der Waals surface area contributed by atoms with E-state index in [1.165, 1.54) is 6.42 Å². The lowest BCUT2D eigenvalue weighted by Gasteiger charge is -1.97. The van der Waals surface area contributed by atoms with Crippen molar-refractivity contribution in [1.82, 2.24) is 0 Å². The zero-order valence-corrected chi connectivity index (χ0v) is 7.14. The Kier molecular flexibility index (Phi) is 6.25. The van der Waals surface area contributed by atoms with Gasteiger partial charge in [-0.1, -0.05) is 38.5 Å². The van der Waals surface area contributed by atoms with E-state index in [4.69, 9.17) is 0 Å². The van der Waals surface area contributed by atoms with Gasteiger partial charge in [-0.2, -0.15) is 0 Å². The Morgan fingerprint density at radius 2 is 2.10 bits per heavy atom. The standard InChI is InChI=1S/C10H18/c1-4-6-7-8-9-10(3)5-2/h4,8-10H,1,5-7H2,2-3H3/b9-8+. The molecule has 0 rings (SSSR count). The van der Waals surface area contributed by atoms with Gasteiger partial charge in [-0.15, -0.1) is 6.58 Å². The van der Waals surface area contributed by atoms with Crippen LogP contribution >= 0.6 is 0 Å². The van der Waals surface area contributed by atoms with E-state index in [1.54, 1.807) is 0 Å². The maximum Gasteiger partial charge on any atom is -0.0265 e. The number of unbranched alkanes of at least 4 members (excludes halogenated alkanes) is 1. The molecule has 0 aromatic heterocycles. The number of hydrogen-bond donors (Lipinski definition) is 0. The molecule has 1 unspecified atom stereocenters. The summed E-state index contributed by atoms with van der Waals surface area (Å²) in [6.45, 7) is 8.11. The maximum absolute atomic E-state index is 3.66. The third-order valence-corrected chi connectivity index (χ3v) is 1.65. The Morgan fingerprint density at radius 1 is 1.40 bits per heavy atom. The van der Waals surface area contributed by atoms with Gasteiger partial charge in [0.15, 0.2) is 0 Å². The van der Waals surface area contributed by atoms with Gasteiger partial charge >= 0.3 is 0 Å². The highest BCUT2D eigenvalue weighted by Gasteiger charge is 1.88. The first-order chi connectivity index (χ1) is 4.81. The molecule has 0 aliphatic carbocycles. The van der Waals surface area contributed by atoms with E-state index in [1.807, 2.05) is 6.08 Å². The second-order valence-corrected chi connectivity index (χ2v) is 2.68. The fourth-order valence-electron chi connectivity index (χ4n) is 0.679. The van der Waals surface area contributed by atoms with Crippen LogP contribution in [0.5, 0.6) is 0 Å². The van der Waals surface area contributed by atoms with Gasteiger partial charge in [0.25, 0.3) is 0 Å². The highest BCUT2D eigenvalue weighted by molar-refractivity contribution is 4.87. The normalized spacial score (nSPS) is 13.8. The van der Waals surface area contributed by atoms with Crippen molar-refractivity contribution in [2.45, 2.75) is 33.1 Å². The molecule has 0 heteroatoms. The predicted octanol–water partition coefficient (Wildman–Crippen LogP) is 3.55. The lowest BCUT2D eigenvalue weighted by atomic mass is 10.1. The molecule has 58 valence electrons. The summed E-state index contributed by atoms with van der Waals surface area (Å²) in [6, 6.07) is 0. The molecular weight excluding hydrogens is 120 g/mol. The summed E-state index contributed by atoms with van der Waals surface area (Å²) < 4.78 is 0. The van der Waals surface area contributed by atoms with Crippen LogP contribution in [0.25, 0.3) is 0 Å². The second kappa shape index (κ2) is 6.60. The van der Waals surface area contributed by atoms with Crippen LogP contribution in [0.15, 0.2) is 24.8 Å². The average Bonchev–Trinajstić information content (AvgIpc) is 1.98. The molecule has 0 nitrogen and oxygen atoms in total. The summed E-state index contributed by atoms with van der Waals surface area (Å²) in [5.41, 5.74) is 0. The third-order valence-electron chi connectivity index (χ3n) is 1.65. The first-order valence-corrected chi connectivity index (χ1v) is 4.08. The summed E-state index contributed by atoms with van der Waals surface area (Å²) in [5.74, 6) is 0.741. The van der Waals surface area contributed by atoms with Crippen molar-refractivity contribution < 1.29 is 0 Å². The fraction of sp³-hybridized carbons (Fsp3) is 0.600. The van der Waals surface area contributed by atoms with Crippen LogP contribution in [0.2, 0.25) is 0 Å². The molecule has 10 heavy (non-hydrogen) atoms. The molecular formula is C10H18. The summed E-state index contributed by atoms with van der Waals surface area (Å²) in [6.07, 6.45) is 9.98. The van der Waals surface area contributed by atoms with Gasteiger partial charge in [0.2, 0.25) is 0 Å². The first-order valence-electron chi connectivity index (χ1n) is 4.08. The average molecular weight is 138 g/mol. The van der Waals surface area contributed by atoms with Gasteiger partial charge in [-0.3, -0.25) is 0 Å². The molecule has 0 aromatic rings. The molecule has 0 bridgehead atoms. The lowest BCUT2D eigenvalue weighted by molar-refractivity contribution is 0.695. The maximum atomic E-state index is 3.66. The van der Waals surface area contributed by atoms with E-state index in [2.05, 4.69) is 32.6 Å². The van der Waals surface area contributed by atoms with Gasteiger partial charge < -0.3 is 0 Å². The minimum atomic E-state index is 0.741. The van der Waals surface area contributed by atoms with E-state index in [9.17, 15) is 0 Å². The SMILES string of the molecule is C=CCC/C=C/C(C)CC. The molecule has 0 amide bonds. The van der Waals surface area contributed by atoms with E-state index in [-0.39, 0.29) is 0 Å². The summed E-state index contributed by atoms with van der Waals surface area (Å²) in [4.78, 5) is 0. The van der Waals surface area contributed by atoms with E-state index < -0.39 is 0 Å². The molecule has 0 saturated heterocycles. The lowest BCUT2D eigenvalue weighted by Crippen LogP contribution is -1.83. The Balaban J connectivity index is 3.26. The van der Waals surface area contributed by atoms with Crippen molar-refractivity contribution in [1.29, 1.82) is 0 Å². The molecule has 0 aliphatic rings. The Morgan fingerprint density at radius 3 is 2.60 bits per heavy atom. The van der Waals surface area contributed by atoms with Crippen LogP contribution in [0.1, 0.15) is 33.1 Å². The Labute approximate surface area is 64.6 Å². The van der Waals surface area contributed by atoms with Crippen LogP contribution in [-0.2, 0) is 0 Å². The molecule has 0 aliphatic heterocycles. The van der Waals surface area contributed by atoms with Crippen LogP contribution in [0.3, 0.4) is 0 Å². The Hall–Kier alpha value is -0.520. The summed E-state index contributed by atoms with van der Waals surface area (Å²) in [5, 5.41) is 0. The molecule has 0 N–H and O–H groups in total. The van der Waals surface area contributed by atoms with Crippen molar-refractivity contribution in [3.63, 3.8) is 0 Å². The van der Waals surface area contributed by atoms with Gasteiger partial charge in [0.05, 0.1) is 0 Å². The minimum absolute atomic E-state index is 0.741. The van der Waals surface area contributed by atoms with E-state index in [0.717, 1.165) is 18.8 Å². The molecule has 0 heterocycles. The van der Waals surface area contributed by atoms with Gasteiger partial charge in [-0.05, 0) is 18.8 Å². The van der Waals surface area contributed by atoms with Gasteiger partial charge in [0.1, 0.15) is 0 Å². The second-order valence-electron chi connectivity index (χ2n) is 2.68. The van der Waals surface area contributed by atoms with Crippen LogP contribution in [0, 0.1) is 5.92 Å². The zero-order valence-electron chi connectivity index (χ0n) is 7.14. The monoisotopic (exact) mass is 138 g/mol. The largest absolute Gasteiger partial charge is 0.103 e. The van der Waals surface area contributed by atoms with Crippen molar-refractivity contribution in [3.05, 3.63) is 24.8 Å². The first kappa shape index (κ1) is 9.48. The molecule has 0 aromatic carbocycles. The zero-order chi connectivity index (χ0) is 7.82. The minimum Gasteiger partial charge on any atom is -0.103 e. The Bertz CT molecular complexity index is 101. The van der Waals surface area contributed by atoms with E-state index >= 15 is 0 Å². The quantitative estimate of drug-likeness (QED) is 0.402. The highest BCUT2D eigenvalue weighted by Crippen LogP contribution is 2.03. The van der Waals surface area contributed by atoms with Crippen molar-refractivity contribution in [2.75, 3.05) is 0 Å². The number of hydrogen-bond acceptors (Lipinski definition) is 0. The fourth-order valence-corrected chi connectivity index (χ4v) is 0.679. The van der Waals surface area contributed by atoms with Gasteiger partial charge in [-0.25, -0.2) is 0 Å². The smallest absolute Gasteiger partial charge is 0.0265 e. The third kappa shape index (κ3) is 5.61. The van der Waals surface area contributed by atoms with Crippen molar-refractivity contribution >= 4 is 0 Å². The van der Waals surface area contributed by atoms with Crippen LogP contribution in [-0.4, -0.2) is 0 Å². The van der Waals surface area contributed by atoms with Gasteiger partial charge in [0, 0.05) is 0 Å². The summed E-state index contributed by atoms with van der Waals surface area (Å²) >= 11 is 0. The topological polar surface area (TPSA) is 0 Å². The van der Waals surface area contributed by atoms with Crippen molar-refractivity contribution in [3.8, 4) is 0 Å². The molecule has 0 fully saturated rings. The molecule has 0 saturated carbocycles. The highest BCUT2D eigenvalue weighted by atomic mass is 13.9. The number of rotatable bonds is 5. The molecule has 0 radical (unpaired) electrons. The summed E-state index contributed by atoms with van der Waals surface area (Å²) in [7, 11) is 0.